The van der Waals surface area contributed by atoms with Crippen LogP contribution in [0, 0.1) is 11.8 Å². The van der Waals surface area contributed by atoms with Crippen molar-refractivity contribution in [2.45, 2.75) is 59.5 Å². The zero-order chi connectivity index (χ0) is 16.0. The summed E-state index contributed by atoms with van der Waals surface area (Å²) in [5.74, 6) is 1.46. The number of hydrogen-bond donors (Lipinski definition) is 1. The zero-order valence-electron chi connectivity index (χ0n) is 14.1. The molecule has 122 valence electrons. The molecular weight excluding hydrogens is 268 g/mol. The number of carbonyl (C=O) groups excluding carboxylic acids is 2. The number of rotatable bonds is 4. The molecule has 0 aromatic heterocycles. The molecule has 5 heteroatoms. The van der Waals surface area contributed by atoms with E-state index in [2.05, 4.69) is 19.2 Å². The Morgan fingerprint density at radius 1 is 1.24 bits per heavy atom. The molecule has 0 radical (unpaired) electrons. The number of nitrogens with one attached hydrogen (secondary N) is 1. The van der Waals surface area contributed by atoms with E-state index in [0.29, 0.717) is 31.2 Å². The van der Waals surface area contributed by atoms with Crippen molar-refractivity contribution in [1.29, 1.82) is 0 Å². The van der Waals surface area contributed by atoms with Crippen LogP contribution in [0.1, 0.15) is 53.9 Å². The maximum atomic E-state index is 12.1. The third-order valence-corrected chi connectivity index (χ3v) is 3.92. The van der Waals surface area contributed by atoms with E-state index in [1.165, 1.54) is 0 Å². The summed E-state index contributed by atoms with van der Waals surface area (Å²) in [6.07, 6.45) is 1.80. The van der Waals surface area contributed by atoms with Crippen LogP contribution in [0.3, 0.4) is 0 Å². The summed E-state index contributed by atoms with van der Waals surface area (Å²) in [5.41, 5.74) is -0.486. The van der Waals surface area contributed by atoms with Crippen LogP contribution in [0.15, 0.2) is 0 Å². The molecule has 1 N–H and O–H groups in total. The molecule has 2 unspecified atom stereocenters. The number of alkyl carbamates (subject to hydrolysis) is 1. The second-order valence-electron chi connectivity index (χ2n) is 7.12. The first kappa shape index (κ1) is 17.8. The summed E-state index contributed by atoms with van der Waals surface area (Å²) in [4.78, 5) is 25.5. The van der Waals surface area contributed by atoms with Gasteiger partial charge in [-0.1, -0.05) is 13.8 Å². The first-order valence-electron chi connectivity index (χ1n) is 7.93. The quantitative estimate of drug-likeness (QED) is 0.812. The number of piperidine rings is 1. The zero-order valence-corrected chi connectivity index (χ0v) is 14.1. The van der Waals surface area contributed by atoms with Gasteiger partial charge in [-0.2, -0.15) is 0 Å². The fourth-order valence-corrected chi connectivity index (χ4v) is 2.39. The smallest absolute Gasteiger partial charge is 0.407 e. The molecule has 1 saturated heterocycles. The highest BCUT2D eigenvalue weighted by molar-refractivity contribution is 5.76. The summed E-state index contributed by atoms with van der Waals surface area (Å²) in [5, 5.41) is 2.68. The van der Waals surface area contributed by atoms with Crippen LogP contribution < -0.4 is 5.32 Å². The van der Waals surface area contributed by atoms with E-state index in [9.17, 15) is 9.59 Å². The summed E-state index contributed by atoms with van der Waals surface area (Å²) in [6, 6.07) is 0. The molecule has 1 aliphatic heterocycles. The van der Waals surface area contributed by atoms with Crippen LogP contribution in [0.25, 0.3) is 0 Å². The standard InChI is InChI=1S/C16H30N2O3/c1-12-8-10-18(11-13(12)2)14(19)7-6-9-17-15(20)21-16(3,4)5/h12-13H,6-11H2,1-5H3,(H,17,20). The predicted molar refractivity (Wildman–Crippen MR) is 83.0 cm³/mol. The molecule has 5 nitrogen and oxygen atoms in total. The van der Waals surface area contributed by atoms with Crippen molar-refractivity contribution < 1.29 is 14.3 Å². The highest BCUT2D eigenvalue weighted by Crippen LogP contribution is 2.22. The summed E-state index contributed by atoms with van der Waals surface area (Å²) in [6.45, 7) is 12.1. The van der Waals surface area contributed by atoms with Gasteiger partial charge in [0.05, 0.1) is 0 Å². The maximum Gasteiger partial charge on any atom is 0.407 e. The molecule has 0 aromatic carbocycles. The van der Waals surface area contributed by atoms with Crippen molar-refractivity contribution in [2.24, 2.45) is 11.8 Å². The lowest BCUT2D eigenvalue weighted by atomic mass is 9.88. The number of ether oxygens (including phenoxy) is 1. The highest BCUT2D eigenvalue weighted by atomic mass is 16.6. The lowest BCUT2D eigenvalue weighted by molar-refractivity contribution is -0.133. The number of likely N-dealkylation sites (tertiary alicyclic amines) is 1. The molecule has 2 amide bonds. The molecular formula is C16H30N2O3. The Bertz CT molecular complexity index is 363. The number of carbonyl (C=O) groups is 2. The monoisotopic (exact) mass is 298 g/mol. The van der Waals surface area contributed by atoms with Crippen molar-refractivity contribution in [3.63, 3.8) is 0 Å². The SMILES string of the molecule is CC1CCN(C(=O)CCCNC(=O)OC(C)(C)C)CC1C. The van der Waals surface area contributed by atoms with Gasteiger partial charge in [0, 0.05) is 26.1 Å². The minimum atomic E-state index is -0.486. The third-order valence-electron chi connectivity index (χ3n) is 3.92. The van der Waals surface area contributed by atoms with E-state index in [-0.39, 0.29) is 5.91 Å². The lowest BCUT2D eigenvalue weighted by Crippen LogP contribution is -2.42. The van der Waals surface area contributed by atoms with Gasteiger partial charge in [0.15, 0.2) is 0 Å². The van der Waals surface area contributed by atoms with Crippen LogP contribution >= 0.6 is 0 Å². The average molecular weight is 298 g/mol. The van der Waals surface area contributed by atoms with E-state index < -0.39 is 11.7 Å². The number of nitrogens with zero attached hydrogens (tertiary/aromatic N) is 1. The Kier molecular flexibility index (Phi) is 6.49. The van der Waals surface area contributed by atoms with Crippen molar-refractivity contribution >= 4 is 12.0 Å². The molecule has 1 rings (SSSR count). The first-order valence-corrected chi connectivity index (χ1v) is 7.93. The molecule has 2 atom stereocenters. The Labute approximate surface area is 128 Å². The fraction of sp³-hybridized carbons (Fsp3) is 0.875. The van der Waals surface area contributed by atoms with Crippen LogP contribution in [-0.2, 0) is 9.53 Å². The van der Waals surface area contributed by atoms with Crippen molar-refractivity contribution in [1.82, 2.24) is 10.2 Å². The largest absolute Gasteiger partial charge is 0.444 e. The van der Waals surface area contributed by atoms with Crippen molar-refractivity contribution in [3.05, 3.63) is 0 Å². The Hall–Kier alpha value is -1.26. The Morgan fingerprint density at radius 2 is 1.90 bits per heavy atom. The molecule has 21 heavy (non-hydrogen) atoms. The molecule has 0 aromatic rings. The Morgan fingerprint density at radius 3 is 2.48 bits per heavy atom. The minimum absolute atomic E-state index is 0.194. The summed E-state index contributed by atoms with van der Waals surface area (Å²) in [7, 11) is 0. The predicted octanol–water partition coefficient (Wildman–Crippen LogP) is 2.80. The van der Waals surface area contributed by atoms with Gasteiger partial charge in [-0.3, -0.25) is 4.79 Å². The van der Waals surface area contributed by atoms with E-state index in [0.717, 1.165) is 19.5 Å². The van der Waals surface area contributed by atoms with Crippen LogP contribution in [-0.4, -0.2) is 42.1 Å². The van der Waals surface area contributed by atoms with Gasteiger partial charge >= 0.3 is 6.09 Å². The first-order chi connectivity index (χ1) is 9.69. The van der Waals surface area contributed by atoms with Gasteiger partial charge in [-0.25, -0.2) is 4.79 Å². The average Bonchev–Trinajstić information content (AvgIpc) is 2.35. The highest BCUT2D eigenvalue weighted by Gasteiger charge is 2.25. The number of hydrogen-bond acceptors (Lipinski definition) is 3. The normalized spacial score (nSPS) is 22.8. The fourth-order valence-electron chi connectivity index (χ4n) is 2.39. The van der Waals surface area contributed by atoms with Crippen molar-refractivity contribution in [2.75, 3.05) is 19.6 Å². The van der Waals surface area contributed by atoms with Crippen LogP contribution in [0.5, 0.6) is 0 Å². The van der Waals surface area contributed by atoms with Gasteiger partial charge in [0.1, 0.15) is 5.60 Å². The van der Waals surface area contributed by atoms with Gasteiger partial charge in [0.2, 0.25) is 5.91 Å². The van der Waals surface area contributed by atoms with Gasteiger partial charge < -0.3 is 15.0 Å². The van der Waals surface area contributed by atoms with Gasteiger partial charge in [0.25, 0.3) is 0 Å². The molecule has 1 aliphatic rings. The van der Waals surface area contributed by atoms with E-state index in [1.54, 1.807) is 0 Å². The Balaban J connectivity index is 2.18. The van der Waals surface area contributed by atoms with E-state index in [4.69, 9.17) is 4.74 Å². The molecule has 0 saturated carbocycles. The van der Waals surface area contributed by atoms with Gasteiger partial charge in [-0.05, 0) is 45.4 Å². The minimum Gasteiger partial charge on any atom is -0.444 e. The molecule has 0 bridgehead atoms. The van der Waals surface area contributed by atoms with Crippen LogP contribution in [0.2, 0.25) is 0 Å². The second kappa shape index (κ2) is 7.66. The molecule has 0 spiro atoms. The second-order valence-corrected chi connectivity index (χ2v) is 7.12. The molecule has 1 heterocycles. The van der Waals surface area contributed by atoms with E-state index >= 15 is 0 Å². The van der Waals surface area contributed by atoms with Gasteiger partial charge in [-0.15, -0.1) is 0 Å². The van der Waals surface area contributed by atoms with Crippen LogP contribution in [0.4, 0.5) is 4.79 Å². The molecule has 1 fully saturated rings. The molecule has 0 aliphatic carbocycles. The summed E-state index contributed by atoms with van der Waals surface area (Å²) >= 11 is 0. The lowest BCUT2D eigenvalue weighted by Gasteiger charge is -2.35. The topological polar surface area (TPSA) is 58.6 Å². The third kappa shape index (κ3) is 6.82. The van der Waals surface area contributed by atoms with Crippen molar-refractivity contribution in [3.8, 4) is 0 Å². The number of amides is 2. The maximum absolute atomic E-state index is 12.1. The van der Waals surface area contributed by atoms with E-state index in [1.807, 2.05) is 25.7 Å². The summed E-state index contributed by atoms with van der Waals surface area (Å²) < 4.78 is 5.14.